The Morgan fingerprint density at radius 3 is 1.11 bits per heavy atom. The second-order valence-electron chi connectivity index (χ2n) is 8.70. The number of unbranched alkanes of at least 4 members (excludes halogenated alkanes) is 15. The maximum Gasteiger partial charge on any atom is 0.302 e. The van der Waals surface area contributed by atoms with Crippen molar-refractivity contribution in [3.63, 3.8) is 0 Å². The van der Waals surface area contributed by atoms with E-state index >= 15 is 0 Å². The lowest BCUT2D eigenvalue weighted by Crippen LogP contribution is -2.20. The summed E-state index contributed by atoms with van der Waals surface area (Å²) in [7, 11) is 0. The zero-order valence-corrected chi connectivity index (χ0v) is 23.4. The molecule has 0 saturated heterocycles. The molecular weight excluding hydrogens is 468 g/mol. The Morgan fingerprint density at radius 1 is 0.611 bits per heavy atom. The van der Waals surface area contributed by atoms with Crippen molar-refractivity contribution in [2.75, 3.05) is 19.8 Å². The molecule has 0 aromatic heterocycles. The molecule has 5 N–H and O–H groups in total. The number of ether oxygens (including phenoxy) is 1. The van der Waals surface area contributed by atoms with Gasteiger partial charge in [0.05, 0.1) is 6.61 Å². The molecule has 0 spiro atoms. The van der Waals surface area contributed by atoms with Crippen LogP contribution in [0.25, 0.3) is 0 Å². The number of rotatable bonds is 19. The molecule has 9 heteroatoms. The van der Waals surface area contributed by atoms with Gasteiger partial charge in [-0.2, -0.15) is 0 Å². The number of carbonyl (C=O) groups is 3. The minimum Gasteiger partial charge on any atom is -0.481 e. The van der Waals surface area contributed by atoms with Crippen molar-refractivity contribution in [1.82, 2.24) is 0 Å². The van der Waals surface area contributed by atoms with Gasteiger partial charge < -0.3 is 30.3 Å². The minimum absolute atomic E-state index is 0.133. The minimum atomic E-state index is -0.950. The molecular formula is C27H56O9. The van der Waals surface area contributed by atoms with Crippen molar-refractivity contribution < 1.29 is 44.7 Å². The van der Waals surface area contributed by atoms with Gasteiger partial charge in [0, 0.05) is 27.4 Å². The van der Waals surface area contributed by atoms with E-state index in [2.05, 4.69) is 11.7 Å². The second kappa shape index (κ2) is 37.8. The van der Waals surface area contributed by atoms with E-state index in [0.717, 1.165) is 20.3 Å². The molecule has 36 heavy (non-hydrogen) atoms. The third-order valence-corrected chi connectivity index (χ3v) is 4.70. The standard InChI is InChI=1S/C18H38O.C5H10O4.2C2H4O2/c1-2-3-4-5-6-7-8-9-10-11-12-13-14-15-16-17-18-19;1-4(7)9-3-5(8)2-6;2*1-2(3)4/h19H,2-18H2,1H3;5-6,8H,2-3H2,1H3;2*1H3,(H,3,4). The van der Waals surface area contributed by atoms with Crippen LogP contribution in [0.5, 0.6) is 0 Å². The number of esters is 1. The van der Waals surface area contributed by atoms with Crippen LogP contribution < -0.4 is 0 Å². The summed E-state index contributed by atoms with van der Waals surface area (Å²) in [5.41, 5.74) is 0. The summed E-state index contributed by atoms with van der Waals surface area (Å²) < 4.78 is 4.35. The number of aliphatic carboxylic acids is 2. The van der Waals surface area contributed by atoms with Gasteiger partial charge in [0.15, 0.2) is 0 Å². The fourth-order valence-electron chi connectivity index (χ4n) is 2.93. The van der Waals surface area contributed by atoms with E-state index in [0.29, 0.717) is 6.61 Å². The van der Waals surface area contributed by atoms with Gasteiger partial charge in [-0.1, -0.05) is 103 Å². The molecule has 0 aliphatic rings. The van der Waals surface area contributed by atoms with Gasteiger partial charge in [-0.15, -0.1) is 0 Å². The van der Waals surface area contributed by atoms with Crippen LogP contribution in [0.2, 0.25) is 0 Å². The van der Waals surface area contributed by atoms with E-state index in [-0.39, 0.29) is 13.2 Å². The zero-order chi connectivity index (χ0) is 28.5. The molecule has 0 fully saturated rings. The van der Waals surface area contributed by atoms with Gasteiger partial charge in [0.2, 0.25) is 0 Å². The van der Waals surface area contributed by atoms with Crippen molar-refractivity contribution >= 4 is 17.9 Å². The number of carbonyl (C=O) groups excluding carboxylic acids is 1. The highest BCUT2D eigenvalue weighted by atomic mass is 16.5. The Labute approximate surface area is 219 Å². The third-order valence-electron chi connectivity index (χ3n) is 4.70. The van der Waals surface area contributed by atoms with Crippen LogP contribution in [0, 0.1) is 0 Å². The molecule has 0 rings (SSSR count). The molecule has 0 aromatic rings. The average molecular weight is 525 g/mol. The normalized spacial score (nSPS) is 10.4. The molecule has 0 heterocycles. The lowest BCUT2D eigenvalue weighted by molar-refractivity contribution is -0.144. The number of carboxylic acids is 2. The van der Waals surface area contributed by atoms with Crippen molar-refractivity contribution in [2.45, 2.75) is 137 Å². The summed E-state index contributed by atoms with van der Waals surface area (Å²) in [5.74, 6) is -2.12. The van der Waals surface area contributed by atoms with Crippen molar-refractivity contribution in [2.24, 2.45) is 0 Å². The van der Waals surface area contributed by atoms with Crippen molar-refractivity contribution in [3.8, 4) is 0 Å². The Kier molecular flexibility index (Phi) is 43.5. The fourth-order valence-corrected chi connectivity index (χ4v) is 2.93. The van der Waals surface area contributed by atoms with E-state index in [9.17, 15) is 4.79 Å². The van der Waals surface area contributed by atoms with Gasteiger partial charge in [-0.05, 0) is 6.42 Å². The van der Waals surface area contributed by atoms with Gasteiger partial charge >= 0.3 is 5.97 Å². The molecule has 9 nitrogen and oxygen atoms in total. The first-order valence-corrected chi connectivity index (χ1v) is 13.5. The van der Waals surface area contributed by atoms with Crippen LogP contribution in [0.15, 0.2) is 0 Å². The van der Waals surface area contributed by atoms with Gasteiger partial charge in [0.1, 0.15) is 12.7 Å². The Balaban J connectivity index is -0.000000247. The Bertz CT molecular complexity index is 421. The highest BCUT2D eigenvalue weighted by Gasteiger charge is 2.02. The van der Waals surface area contributed by atoms with Crippen LogP contribution in [0.4, 0.5) is 0 Å². The SMILES string of the molecule is CC(=O)O.CC(=O)O.CC(=O)OCC(O)CO.CCCCCCCCCCCCCCCCCCO. The molecule has 0 bridgehead atoms. The first kappa shape index (κ1) is 41.4. The monoisotopic (exact) mass is 524 g/mol. The van der Waals surface area contributed by atoms with Gasteiger partial charge in [-0.3, -0.25) is 14.4 Å². The van der Waals surface area contributed by atoms with Crippen LogP contribution in [-0.2, 0) is 19.1 Å². The highest BCUT2D eigenvalue weighted by Crippen LogP contribution is 2.13. The fraction of sp³-hybridized carbons (Fsp3) is 0.889. The number of hydrogen-bond donors (Lipinski definition) is 5. The number of hydrogen-bond acceptors (Lipinski definition) is 7. The summed E-state index contributed by atoms with van der Waals surface area (Å²) in [6.07, 6.45) is 21.2. The second-order valence-corrected chi connectivity index (χ2v) is 8.70. The predicted octanol–water partition coefficient (Wildman–Crippen LogP) is 5.32. The van der Waals surface area contributed by atoms with Crippen LogP contribution >= 0.6 is 0 Å². The lowest BCUT2D eigenvalue weighted by Gasteiger charge is -2.05. The maximum atomic E-state index is 10.0. The maximum absolute atomic E-state index is 10.0. The summed E-state index contributed by atoms with van der Waals surface area (Å²) >= 11 is 0. The van der Waals surface area contributed by atoms with Crippen LogP contribution in [0.3, 0.4) is 0 Å². The van der Waals surface area contributed by atoms with Gasteiger partial charge in [0.25, 0.3) is 11.9 Å². The first-order chi connectivity index (χ1) is 17.0. The van der Waals surface area contributed by atoms with E-state index < -0.39 is 24.0 Å². The largest absolute Gasteiger partial charge is 0.481 e. The zero-order valence-electron chi connectivity index (χ0n) is 23.4. The van der Waals surface area contributed by atoms with E-state index in [1.807, 2.05) is 0 Å². The predicted molar refractivity (Wildman–Crippen MR) is 143 cm³/mol. The highest BCUT2D eigenvalue weighted by molar-refractivity contribution is 5.65. The molecule has 1 atom stereocenters. The van der Waals surface area contributed by atoms with E-state index in [1.165, 1.54) is 103 Å². The summed E-state index contributed by atoms with van der Waals surface area (Å²) in [6, 6.07) is 0. The van der Waals surface area contributed by atoms with Crippen LogP contribution in [0.1, 0.15) is 130 Å². The molecule has 0 aliphatic carbocycles. The summed E-state index contributed by atoms with van der Waals surface area (Å²) in [4.78, 5) is 28.0. The lowest BCUT2D eigenvalue weighted by atomic mass is 10.0. The molecule has 0 aliphatic heterocycles. The summed E-state index contributed by atoms with van der Waals surface area (Å²) in [5, 5.41) is 40.3. The topological polar surface area (TPSA) is 162 Å². The summed E-state index contributed by atoms with van der Waals surface area (Å²) in [6.45, 7) is 5.55. The molecule has 0 amide bonds. The number of aliphatic hydroxyl groups is 3. The smallest absolute Gasteiger partial charge is 0.302 e. The third kappa shape index (κ3) is 69.7. The Morgan fingerprint density at radius 2 is 0.889 bits per heavy atom. The van der Waals surface area contributed by atoms with E-state index in [4.69, 9.17) is 35.1 Å². The van der Waals surface area contributed by atoms with Gasteiger partial charge in [-0.25, -0.2) is 0 Å². The Hall–Kier alpha value is -1.71. The van der Waals surface area contributed by atoms with Crippen LogP contribution in [-0.4, -0.2) is 69.4 Å². The quantitative estimate of drug-likeness (QED) is 0.111. The molecule has 0 aromatic carbocycles. The number of carboxylic acid groups (broad SMARTS) is 2. The molecule has 1 unspecified atom stereocenters. The van der Waals surface area contributed by atoms with E-state index in [1.54, 1.807) is 0 Å². The van der Waals surface area contributed by atoms with Crippen molar-refractivity contribution in [3.05, 3.63) is 0 Å². The average Bonchev–Trinajstić information content (AvgIpc) is 2.79. The molecule has 218 valence electrons. The van der Waals surface area contributed by atoms with Crippen molar-refractivity contribution in [1.29, 1.82) is 0 Å². The molecule has 0 radical (unpaired) electrons. The number of aliphatic hydroxyl groups excluding tert-OH is 3. The molecule has 0 saturated carbocycles. The first-order valence-electron chi connectivity index (χ1n) is 13.5.